The van der Waals surface area contributed by atoms with Crippen LogP contribution >= 0.6 is 0 Å². The van der Waals surface area contributed by atoms with Crippen LogP contribution in [0.15, 0.2) is 29.2 Å². The molecule has 0 amide bonds. The lowest BCUT2D eigenvalue weighted by Crippen LogP contribution is -2.36. The number of hydrogen-bond acceptors (Lipinski definition) is 4. The Labute approximate surface area is 111 Å². The zero-order chi connectivity index (χ0) is 13.2. The molecule has 1 aliphatic rings. The summed E-state index contributed by atoms with van der Waals surface area (Å²) in [5.41, 5.74) is 7.42. The number of piperidine rings is 1. The van der Waals surface area contributed by atoms with E-state index in [4.69, 9.17) is 5.73 Å². The maximum atomic E-state index is 11.3. The molecule has 0 atom stereocenters. The molecular formula is C14H18N4O. The highest BCUT2D eigenvalue weighted by molar-refractivity contribution is 5.88. The smallest absolute Gasteiger partial charge is 0.249 e. The molecule has 1 fully saturated rings. The Kier molecular flexibility index (Phi) is 3.21. The third-order valence-corrected chi connectivity index (χ3v) is 3.90. The standard InChI is InChI=1S/C14H18N4O/c15-9-10-4-7-18(8-5-10)12-3-6-16-14-11(12)1-2-13(19)17-14/h1-3,6,10H,4-5,7-9,15H2,(H,16,17,19). The minimum Gasteiger partial charge on any atom is -0.371 e. The molecule has 0 aliphatic carbocycles. The van der Waals surface area contributed by atoms with Crippen molar-refractivity contribution in [1.29, 1.82) is 0 Å². The molecule has 1 aliphatic heterocycles. The summed E-state index contributed by atoms with van der Waals surface area (Å²) < 4.78 is 0. The Balaban J connectivity index is 1.95. The number of fused-ring (bicyclic) bond motifs is 1. The second-order valence-electron chi connectivity index (χ2n) is 5.08. The van der Waals surface area contributed by atoms with E-state index in [1.54, 1.807) is 12.3 Å². The molecule has 100 valence electrons. The maximum Gasteiger partial charge on any atom is 0.249 e. The second kappa shape index (κ2) is 5.01. The summed E-state index contributed by atoms with van der Waals surface area (Å²) in [7, 11) is 0. The van der Waals surface area contributed by atoms with Crippen molar-refractivity contribution >= 4 is 16.7 Å². The zero-order valence-corrected chi connectivity index (χ0v) is 10.8. The number of anilines is 1. The van der Waals surface area contributed by atoms with Crippen LogP contribution in [0.4, 0.5) is 5.69 Å². The number of rotatable bonds is 2. The summed E-state index contributed by atoms with van der Waals surface area (Å²) in [6, 6.07) is 5.43. The average Bonchev–Trinajstić information content (AvgIpc) is 2.46. The predicted molar refractivity (Wildman–Crippen MR) is 76.4 cm³/mol. The first kappa shape index (κ1) is 12.2. The lowest BCUT2D eigenvalue weighted by Gasteiger charge is -2.33. The third-order valence-electron chi connectivity index (χ3n) is 3.90. The first-order chi connectivity index (χ1) is 9.28. The van der Waals surface area contributed by atoms with Crippen LogP contribution in [0.25, 0.3) is 11.0 Å². The van der Waals surface area contributed by atoms with Crippen LogP contribution < -0.4 is 16.2 Å². The Morgan fingerprint density at radius 1 is 1.32 bits per heavy atom. The van der Waals surface area contributed by atoms with Gasteiger partial charge in [-0.3, -0.25) is 4.79 Å². The first-order valence-corrected chi connectivity index (χ1v) is 6.71. The number of nitrogens with two attached hydrogens (primary N) is 1. The Bertz CT molecular complexity index is 629. The molecular weight excluding hydrogens is 240 g/mol. The number of pyridine rings is 2. The van der Waals surface area contributed by atoms with Crippen molar-refractivity contribution in [3.05, 3.63) is 34.7 Å². The van der Waals surface area contributed by atoms with E-state index in [1.807, 2.05) is 12.1 Å². The maximum absolute atomic E-state index is 11.3. The predicted octanol–water partition coefficient (Wildman–Crippen LogP) is 1.10. The van der Waals surface area contributed by atoms with Gasteiger partial charge >= 0.3 is 0 Å². The number of aromatic nitrogens is 2. The van der Waals surface area contributed by atoms with E-state index in [-0.39, 0.29) is 5.56 Å². The molecule has 0 aromatic carbocycles. The van der Waals surface area contributed by atoms with Gasteiger partial charge in [0, 0.05) is 36.4 Å². The average molecular weight is 258 g/mol. The van der Waals surface area contributed by atoms with Gasteiger partial charge in [0.1, 0.15) is 5.65 Å². The van der Waals surface area contributed by atoms with Gasteiger partial charge in [0.2, 0.25) is 5.56 Å². The molecule has 0 spiro atoms. The zero-order valence-electron chi connectivity index (χ0n) is 10.8. The molecule has 0 bridgehead atoms. The van der Waals surface area contributed by atoms with Crippen molar-refractivity contribution in [2.45, 2.75) is 12.8 Å². The van der Waals surface area contributed by atoms with Gasteiger partial charge in [-0.1, -0.05) is 0 Å². The summed E-state index contributed by atoms with van der Waals surface area (Å²) >= 11 is 0. The summed E-state index contributed by atoms with van der Waals surface area (Å²) in [4.78, 5) is 20.7. The van der Waals surface area contributed by atoms with Crippen LogP contribution in [0, 0.1) is 5.92 Å². The fourth-order valence-corrected chi connectivity index (χ4v) is 2.73. The van der Waals surface area contributed by atoms with Gasteiger partial charge in [-0.15, -0.1) is 0 Å². The van der Waals surface area contributed by atoms with Gasteiger partial charge in [-0.2, -0.15) is 0 Å². The molecule has 2 aromatic heterocycles. The number of aromatic amines is 1. The highest BCUT2D eigenvalue weighted by atomic mass is 16.1. The van der Waals surface area contributed by atoms with Crippen LogP contribution in [0.5, 0.6) is 0 Å². The molecule has 0 saturated carbocycles. The summed E-state index contributed by atoms with van der Waals surface area (Å²) in [6.45, 7) is 2.80. The topological polar surface area (TPSA) is 75.0 Å². The fraction of sp³-hybridized carbons (Fsp3) is 0.429. The number of H-pyrrole nitrogens is 1. The van der Waals surface area contributed by atoms with E-state index >= 15 is 0 Å². The largest absolute Gasteiger partial charge is 0.371 e. The molecule has 0 unspecified atom stereocenters. The fourth-order valence-electron chi connectivity index (χ4n) is 2.73. The van der Waals surface area contributed by atoms with Crippen molar-refractivity contribution in [1.82, 2.24) is 9.97 Å². The Morgan fingerprint density at radius 3 is 2.84 bits per heavy atom. The number of hydrogen-bond donors (Lipinski definition) is 2. The molecule has 5 nitrogen and oxygen atoms in total. The van der Waals surface area contributed by atoms with Crippen molar-refractivity contribution in [2.75, 3.05) is 24.5 Å². The van der Waals surface area contributed by atoms with Gasteiger partial charge in [0.05, 0.1) is 0 Å². The SMILES string of the molecule is NCC1CCN(c2ccnc3[nH]c(=O)ccc23)CC1. The van der Waals surface area contributed by atoms with Gasteiger partial charge < -0.3 is 15.6 Å². The van der Waals surface area contributed by atoms with E-state index in [1.165, 1.54) is 0 Å². The normalized spacial score (nSPS) is 17.0. The van der Waals surface area contributed by atoms with E-state index < -0.39 is 0 Å². The summed E-state index contributed by atoms with van der Waals surface area (Å²) in [5, 5.41) is 1.01. The summed E-state index contributed by atoms with van der Waals surface area (Å²) in [6.07, 6.45) is 4.01. The molecule has 1 saturated heterocycles. The second-order valence-corrected chi connectivity index (χ2v) is 5.08. The van der Waals surface area contributed by atoms with Crippen LogP contribution in [-0.2, 0) is 0 Å². The van der Waals surface area contributed by atoms with Gasteiger partial charge in [0.25, 0.3) is 0 Å². The van der Waals surface area contributed by atoms with E-state index in [0.29, 0.717) is 11.6 Å². The van der Waals surface area contributed by atoms with Crippen LogP contribution in [-0.4, -0.2) is 29.6 Å². The van der Waals surface area contributed by atoms with E-state index in [0.717, 1.165) is 43.5 Å². The molecule has 3 heterocycles. The lowest BCUT2D eigenvalue weighted by molar-refractivity contribution is 0.415. The van der Waals surface area contributed by atoms with E-state index in [2.05, 4.69) is 14.9 Å². The van der Waals surface area contributed by atoms with Gasteiger partial charge in [-0.25, -0.2) is 4.98 Å². The number of nitrogens with zero attached hydrogens (tertiary/aromatic N) is 2. The summed E-state index contributed by atoms with van der Waals surface area (Å²) in [5.74, 6) is 0.643. The van der Waals surface area contributed by atoms with Crippen molar-refractivity contribution < 1.29 is 0 Å². The highest BCUT2D eigenvalue weighted by Crippen LogP contribution is 2.27. The Morgan fingerprint density at radius 2 is 2.11 bits per heavy atom. The lowest BCUT2D eigenvalue weighted by atomic mass is 9.96. The monoisotopic (exact) mass is 258 g/mol. The van der Waals surface area contributed by atoms with Crippen molar-refractivity contribution in [2.24, 2.45) is 11.7 Å². The molecule has 0 radical (unpaired) electrons. The van der Waals surface area contributed by atoms with Crippen LogP contribution in [0.1, 0.15) is 12.8 Å². The van der Waals surface area contributed by atoms with Gasteiger partial charge in [-0.05, 0) is 37.4 Å². The minimum absolute atomic E-state index is 0.112. The third kappa shape index (κ3) is 2.33. The molecule has 5 heteroatoms. The molecule has 3 N–H and O–H groups in total. The van der Waals surface area contributed by atoms with Gasteiger partial charge in [0.15, 0.2) is 0 Å². The van der Waals surface area contributed by atoms with E-state index in [9.17, 15) is 4.79 Å². The first-order valence-electron chi connectivity index (χ1n) is 6.71. The Hall–Kier alpha value is -1.88. The van der Waals surface area contributed by atoms with Crippen LogP contribution in [0.3, 0.4) is 0 Å². The minimum atomic E-state index is -0.112. The van der Waals surface area contributed by atoms with Crippen LogP contribution in [0.2, 0.25) is 0 Å². The number of nitrogens with one attached hydrogen (secondary N) is 1. The van der Waals surface area contributed by atoms with Crippen molar-refractivity contribution in [3.8, 4) is 0 Å². The molecule has 2 aromatic rings. The van der Waals surface area contributed by atoms with Crippen molar-refractivity contribution in [3.63, 3.8) is 0 Å². The molecule has 19 heavy (non-hydrogen) atoms. The highest BCUT2D eigenvalue weighted by Gasteiger charge is 2.19. The molecule has 3 rings (SSSR count). The quantitative estimate of drug-likeness (QED) is 0.845.